The van der Waals surface area contributed by atoms with E-state index < -0.39 is 0 Å². The van der Waals surface area contributed by atoms with E-state index in [4.69, 9.17) is 9.47 Å². The average molecular weight is 350 g/mol. The highest BCUT2D eigenvalue weighted by atomic mass is 16.5. The van der Waals surface area contributed by atoms with Crippen LogP contribution in [0.3, 0.4) is 0 Å². The van der Waals surface area contributed by atoms with Crippen molar-refractivity contribution in [3.63, 3.8) is 0 Å². The number of para-hydroxylation sites is 1. The number of benzene rings is 1. The normalized spacial score (nSPS) is 14.8. The first kappa shape index (κ1) is 19.2. The fourth-order valence-corrected chi connectivity index (χ4v) is 2.53. The number of carbonyl (C=O) groups excluding carboxylic acids is 2. The number of methoxy groups -OCH3 is 1. The van der Waals surface area contributed by atoms with Crippen molar-refractivity contribution in [2.75, 3.05) is 59.7 Å². The third-order valence-corrected chi connectivity index (χ3v) is 4.06. The van der Waals surface area contributed by atoms with Crippen LogP contribution in [-0.2, 0) is 19.1 Å². The third-order valence-electron chi connectivity index (χ3n) is 4.06. The first-order valence-electron chi connectivity index (χ1n) is 8.51. The molecule has 25 heavy (non-hydrogen) atoms. The van der Waals surface area contributed by atoms with Crippen molar-refractivity contribution in [2.45, 2.75) is 6.42 Å². The number of ether oxygens (including phenoxy) is 3. The molecule has 0 bridgehead atoms. The van der Waals surface area contributed by atoms with E-state index in [0.29, 0.717) is 32.1 Å². The van der Waals surface area contributed by atoms with Gasteiger partial charge in [-0.25, -0.2) is 0 Å². The number of nitrogens with zero attached hydrogens (tertiary/aromatic N) is 2. The van der Waals surface area contributed by atoms with Crippen molar-refractivity contribution in [3.05, 3.63) is 30.3 Å². The van der Waals surface area contributed by atoms with Gasteiger partial charge in [-0.05, 0) is 12.1 Å². The quantitative estimate of drug-likeness (QED) is 0.614. The minimum absolute atomic E-state index is 0.0473. The Labute approximate surface area is 148 Å². The Morgan fingerprint density at radius 3 is 2.56 bits per heavy atom. The molecule has 138 valence electrons. The highest BCUT2D eigenvalue weighted by Gasteiger charge is 2.18. The number of rotatable bonds is 9. The molecule has 1 aromatic rings. The Balaban J connectivity index is 1.84. The summed E-state index contributed by atoms with van der Waals surface area (Å²) in [5.74, 6) is 0.186. The van der Waals surface area contributed by atoms with E-state index in [1.807, 2.05) is 18.2 Å². The molecular weight excluding hydrogens is 324 g/mol. The number of hydrogen-bond acceptors (Lipinski definition) is 6. The second-order valence-electron chi connectivity index (χ2n) is 5.76. The summed E-state index contributed by atoms with van der Waals surface area (Å²) in [4.78, 5) is 27.8. The first-order valence-corrected chi connectivity index (χ1v) is 8.51. The molecule has 1 amide bonds. The predicted octanol–water partition coefficient (Wildman–Crippen LogP) is 0.789. The smallest absolute Gasteiger partial charge is 0.307 e. The monoisotopic (exact) mass is 350 g/mol. The van der Waals surface area contributed by atoms with Crippen LogP contribution in [0.4, 0.5) is 0 Å². The van der Waals surface area contributed by atoms with Gasteiger partial charge in [0.25, 0.3) is 5.91 Å². The van der Waals surface area contributed by atoms with E-state index in [-0.39, 0.29) is 24.9 Å². The molecule has 1 aliphatic rings. The van der Waals surface area contributed by atoms with E-state index in [1.54, 1.807) is 17.0 Å². The minimum atomic E-state index is -0.326. The number of hydrogen-bond donors (Lipinski definition) is 0. The molecule has 7 heteroatoms. The molecule has 1 saturated heterocycles. The molecule has 0 aliphatic carbocycles. The predicted molar refractivity (Wildman–Crippen MR) is 92.4 cm³/mol. The molecule has 0 atom stereocenters. The second kappa shape index (κ2) is 10.7. The first-order chi connectivity index (χ1) is 12.2. The molecular formula is C18H26N2O5. The van der Waals surface area contributed by atoms with Crippen LogP contribution in [0.15, 0.2) is 30.3 Å². The summed E-state index contributed by atoms with van der Waals surface area (Å²) in [5.41, 5.74) is 0. The van der Waals surface area contributed by atoms with Crippen LogP contribution in [0, 0.1) is 0 Å². The summed E-state index contributed by atoms with van der Waals surface area (Å²) < 4.78 is 15.5. The molecule has 7 nitrogen and oxygen atoms in total. The van der Waals surface area contributed by atoms with E-state index >= 15 is 0 Å². The Morgan fingerprint density at radius 2 is 1.88 bits per heavy atom. The maximum Gasteiger partial charge on any atom is 0.307 e. The third kappa shape index (κ3) is 7.11. The fourth-order valence-electron chi connectivity index (χ4n) is 2.53. The van der Waals surface area contributed by atoms with Gasteiger partial charge in [0, 0.05) is 32.7 Å². The van der Waals surface area contributed by atoms with Crippen LogP contribution >= 0.6 is 0 Å². The average Bonchev–Trinajstić information content (AvgIpc) is 2.67. The van der Waals surface area contributed by atoms with E-state index in [2.05, 4.69) is 9.64 Å². The summed E-state index contributed by atoms with van der Waals surface area (Å²) in [5, 5.41) is 0. The second-order valence-corrected chi connectivity index (χ2v) is 5.76. The molecule has 2 rings (SSSR count). The van der Waals surface area contributed by atoms with E-state index in [0.717, 1.165) is 19.6 Å². The van der Waals surface area contributed by atoms with E-state index in [1.165, 1.54) is 7.11 Å². The molecule has 1 fully saturated rings. The summed E-state index contributed by atoms with van der Waals surface area (Å²) in [6.07, 6.45) is 0.177. The van der Waals surface area contributed by atoms with Crippen LogP contribution in [0.2, 0.25) is 0 Å². The largest absolute Gasteiger partial charge is 0.484 e. The highest BCUT2D eigenvalue weighted by Crippen LogP contribution is 2.09. The van der Waals surface area contributed by atoms with Crippen molar-refractivity contribution in [2.24, 2.45) is 0 Å². The van der Waals surface area contributed by atoms with Gasteiger partial charge in [0.1, 0.15) is 5.75 Å². The molecule has 0 saturated carbocycles. The zero-order chi connectivity index (χ0) is 17.9. The van der Waals surface area contributed by atoms with Gasteiger partial charge in [-0.2, -0.15) is 0 Å². The summed E-state index contributed by atoms with van der Waals surface area (Å²) in [7, 11) is 1.35. The lowest BCUT2D eigenvalue weighted by molar-refractivity contribution is -0.142. The number of amides is 1. The summed E-state index contributed by atoms with van der Waals surface area (Å²) in [6, 6.07) is 9.21. The van der Waals surface area contributed by atoms with Crippen molar-refractivity contribution < 1.29 is 23.8 Å². The van der Waals surface area contributed by atoms with Crippen LogP contribution in [0.25, 0.3) is 0 Å². The molecule has 0 aromatic heterocycles. The van der Waals surface area contributed by atoms with Gasteiger partial charge < -0.3 is 19.1 Å². The number of morpholine rings is 1. The Morgan fingerprint density at radius 1 is 1.16 bits per heavy atom. The zero-order valence-corrected chi connectivity index (χ0v) is 14.7. The van der Waals surface area contributed by atoms with Crippen molar-refractivity contribution >= 4 is 11.9 Å². The Hall–Kier alpha value is -2.12. The summed E-state index contributed by atoms with van der Waals surface area (Å²) >= 11 is 0. The molecule has 0 radical (unpaired) electrons. The zero-order valence-electron chi connectivity index (χ0n) is 14.7. The molecule has 1 heterocycles. The van der Waals surface area contributed by atoms with Crippen molar-refractivity contribution in [1.82, 2.24) is 9.80 Å². The van der Waals surface area contributed by atoms with Crippen molar-refractivity contribution in [3.8, 4) is 5.75 Å². The van der Waals surface area contributed by atoms with Gasteiger partial charge >= 0.3 is 5.97 Å². The lowest BCUT2D eigenvalue weighted by Crippen LogP contribution is -2.44. The van der Waals surface area contributed by atoms with Crippen LogP contribution in [0.5, 0.6) is 5.75 Å². The SMILES string of the molecule is COC(=O)CCN(CCN1CCOCC1)C(=O)COc1ccccc1. The Kier molecular flexibility index (Phi) is 8.21. The van der Waals surface area contributed by atoms with Crippen LogP contribution < -0.4 is 4.74 Å². The van der Waals surface area contributed by atoms with Crippen LogP contribution in [0.1, 0.15) is 6.42 Å². The topological polar surface area (TPSA) is 68.3 Å². The number of esters is 1. The number of carbonyl (C=O) groups is 2. The summed E-state index contributed by atoms with van der Waals surface area (Å²) in [6.45, 7) is 4.73. The minimum Gasteiger partial charge on any atom is -0.484 e. The maximum atomic E-state index is 12.5. The van der Waals surface area contributed by atoms with Gasteiger partial charge in [0.2, 0.25) is 0 Å². The van der Waals surface area contributed by atoms with Crippen molar-refractivity contribution in [1.29, 1.82) is 0 Å². The standard InChI is InChI=1S/C18H26N2O5/c1-23-18(22)7-8-20(10-9-19-11-13-24-14-12-19)17(21)15-25-16-5-3-2-4-6-16/h2-6H,7-15H2,1H3. The molecule has 1 aliphatic heterocycles. The molecule has 1 aromatic carbocycles. The lowest BCUT2D eigenvalue weighted by Gasteiger charge is -2.30. The van der Waals surface area contributed by atoms with Gasteiger partial charge in [0.15, 0.2) is 6.61 Å². The maximum absolute atomic E-state index is 12.5. The lowest BCUT2D eigenvalue weighted by atomic mass is 10.3. The van der Waals surface area contributed by atoms with E-state index in [9.17, 15) is 9.59 Å². The van der Waals surface area contributed by atoms with Gasteiger partial charge in [0.05, 0.1) is 26.7 Å². The van der Waals surface area contributed by atoms with Gasteiger partial charge in [-0.1, -0.05) is 18.2 Å². The highest BCUT2D eigenvalue weighted by molar-refractivity contribution is 5.78. The molecule has 0 unspecified atom stereocenters. The van der Waals surface area contributed by atoms with Gasteiger partial charge in [-0.15, -0.1) is 0 Å². The van der Waals surface area contributed by atoms with Gasteiger partial charge in [-0.3, -0.25) is 14.5 Å². The Bertz CT molecular complexity index is 532. The molecule has 0 spiro atoms. The van der Waals surface area contributed by atoms with Crippen LogP contribution in [-0.4, -0.2) is 81.3 Å². The fraction of sp³-hybridized carbons (Fsp3) is 0.556. The molecule has 0 N–H and O–H groups in total.